The molecule has 0 spiro atoms. The van der Waals surface area contributed by atoms with Crippen molar-refractivity contribution in [1.82, 2.24) is 0 Å². The van der Waals surface area contributed by atoms with Crippen LogP contribution in [0.2, 0.25) is 0 Å². The second-order valence-electron chi connectivity index (χ2n) is 9.51. The zero-order valence-electron chi connectivity index (χ0n) is 19.2. The van der Waals surface area contributed by atoms with Gasteiger partial charge in [0.1, 0.15) is 0 Å². The average molecular weight is 515 g/mol. The van der Waals surface area contributed by atoms with E-state index in [1.807, 2.05) is 26.0 Å². The number of anilines is 2. The monoisotopic (exact) mass is 514 g/mol. The van der Waals surface area contributed by atoms with Crippen molar-refractivity contribution in [2.75, 3.05) is 16.8 Å². The van der Waals surface area contributed by atoms with Crippen LogP contribution in [0.1, 0.15) is 27.9 Å². The van der Waals surface area contributed by atoms with Crippen LogP contribution in [0, 0.1) is 37.5 Å². The summed E-state index contributed by atoms with van der Waals surface area (Å²) in [7, 11) is 0. The molecule has 0 aromatic heterocycles. The number of carbonyl (C=O) groups is 4. The van der Waals surface area contributed by atoms with Crippen molar-refractivity contribution in [1.29, 1.82) is 0 Å². The molecule has 0 unspecified atom stereocenters. The molecule has 35 heavy (non-hydrogen) atoms. The molecular weight excluding hydrogens is 491 g/mol. The van der Waals surface area contributed by atoms with Crippen molar-refractivity contribution in [2.45, 2.75) is 31.0 Å². The number of fused-ring (bicyclic) bond motifs is 5. The summed E-state index contributed by atoms with van der Waals surface area (Å²) in [6.45, 7) is 3.36. The number of aryl methyl sites for hydroxylation is 2. The standard InChI is InChI=1S/C26H24Cl2N2O5/c1-12-6-7-18(13(2)8-12)29-19(31)11-35-26(34)14-4-3-5-15(9-14)30-24(32)20-16-10-17(21(20)25(30)33)23(28)22(16)27/h3-9,16-17,20-23H,10-11H2,1-2H3,(H,29,31)/t16-,17-,20-,21+,22-,23+/m1/s1. The maximum Gasteiger partial charge on any atom is 0.338 e. The van der Waals surface area contributed by atoms with Gasteiger partial charge in [-0.1, -0.05) is 23.8 Å². The summed E-state index contributed by atoms with van der Waals surface area (Å²) in [4.78, 5) is 52.4. The molecule has 1 N–H and O–H groups in total. The Morgan fingerprint density at radius 2 is 1.66 bits per heavy atom. The highest BCUT2D eigenvalue weighted by atomic mass is 35.5. The molecule has 2 aromatic rings. The maximum atomic E-state index is 13.2. The van der Waals surface area contributed by atoms with Crippen LogP contribution >= 0.6 is 23.2 Å². The van der Waals surface area contributed by atoms with E-state index in [0.29, 0.717) is 17.8 Å². The number of carbonyl (C=O) groups excluding carboxylic acids is 4. The topological polar surface area (TPSA) is 92.8 Å². The molecule has 2 saturated carbocycles. The van der Waals surface area contributed by atoms with Crippen LogP contribution in [0.4, 0.5) is 11.4 Å². The molecule has 2 aliphatic carbocycles. The van der Waals surface area contributed by atoms with Crippen LogP contribution in [-0.4, -0.2) is 41.1 Å². The van der Waals surface area contributed by atoms with Crippen molar-refractivity contribution in [3.63, 3.8) is 0 Å². The van der Waals surface area contributed by atoms with E-state index in [-0.39, 0.29) is 40.0 Å². The van der Waals surface area contributed by atoms with E-state index in [9.17, 15) is 19.2 Å². The quantitative estimate of drug-likeness (QED) is 0.368. The van der Waals surface area contributed by atoms with Gasteiger partial charge in [-0.25, -0.2) is 4.79 Å². The first-order chi connectivity index (χ1) is 16.7. The normalized spacial score (nSPS) is 28.9. The Bertz CT molecular complexity index is 1220. The van der Waals surface area contributed by atoms with E-state index < -0.39 is 30.3 Å². The Balaban J connectivity index is 1.26. The maximum absolute atomic E-state index is 13.2. The summed E-state index contributed by atoms with van der Waals surface area (Å²) in [6.07, 6.45) is 0.680. The Morgan fingerprint density at radius 3 is 2.29 bits per heavy atom. The minimum absolute atomic E-state index is 0.126. The third kappa shape index (κ3) is 4.00. The molecule has 1 saturated heterocycles. The van der Waals surface area contributed by atoms with Gasteiger partial charge in [0, 0.05) is 5.69 Å². The van der Waals surface area contributed by atoms with Gasteiger partial charge in [0.05, 0.1) is 33.8 Å². The number of hydrogen-bond acceptors (Lipinski definition) is 5. The lowest BCUT2D eigenvalue weighted by atomic mass is 9.80. The van der Waals surface area contributed by atoms with E-state index in [4.69, 9.17) is 27.9 Å². The third-order valence-electron chi connectivity index (χ3n) is 7.32. The highest BCUT2D eigenvalue weighted by Crippen LogP contribution is 2.59. The van der Waals surface area contributed by atoms with Gasteiger partial charge >= 0.3 is 5.97 Å². The summed E-state index contributed by atoms with van der Waals surface area (Å²) in [5.74, 6) is -3.02. The predicted molar refractivity (Wildman–Crippen MR) is 132 cm³/mol. The number of ether oxygens (including phenoxy) is 1. The molecule has 5 rings (SSSR count). The molecular formula is C26H24Cl2N2O5. The molecule has 1 heterocycles. The minimum Gasteiger partial charge on any atom is -0.452 e. The predicted octanol–water partition coefficient (Wildman–Crippen LogP) is 4.07. The summed E-state index contributed by atoms with van der Waals surface area (Å²) < 4.78 is 5.17. The van der Waals surface area contributed by atoms with Gasteiger partial charge < -0.3 is 10.1 Å². The molecule has 182 valence electrons. The Hall–Kier alpha value is -2.90. The van der Waals surface area contributed by atoms with E-state index in [0.717, 1.165) is 16.0 Å². The fourth-order valence-corrected chi connectivity index (χ4v) is 6.62. The summed E-state index contributed by atoms with van der Waals surface area (Å²) in [5.41, 5.74) is 3.04. The number of imide groups is 1. The first kappa shape index (κ1) is 23.8. The van der Waals surface area contributed by atoms with Gasteiger partial charge in [-0.05, 0) is 61.9 Å². The number of hydrogen-bond donors (Lipinski definition) is 1. The fourth-order valence-electron chi connectivity index (χ4n) is 5.73. The molecule has 2 bridgehead atoms. The zero-order chi connectivity index (χ0) is 25.0. The largest absolute Gasteiger partial charge is 0.452 e. The second kappa shape index (κ2) is 8.95. The zero-order valence-corrected chi connectivity index (χ0v) is 20.7. The molecule has 6 atom stereocenters. The Labute approximate surface area is 212 Å². The van der Waals surface area contributed by atoms with E-state index in [2.05, 4.69) is 5.32 Å². The van der Waals surface area contributed by atoms with Gasteiger partial charge in [0.2, 0.25) is 11.8 Å². The minimum atomic E-state index is -0.733. The van der Waals surface area contributed by atoms with Crippen molar-refractivity contribution in [2.24, 2.45) is 23.7 Å². The second-order valence-corrected chi connectivity index (χ2v) is 10.5. The van der Waals surface area contributed by atoms with Crippen LogP contribution in [0.25, 0.3) is 0 Å². The van der Waals surface area contributed by atoms with E-state index in [1.54, 1.807) is 18.2 Å². The number of nitrogens with one attached hydrogen (secondary N) is 1. The molecule has 3 amide bonds. The first-order valence-corrected chi connectivity index (χ1v) is 12.3. The average Bonchev–Trinajstić information content (AvgIpc) is 3.44. The van der Waals surface area contributed by atoms with Crippen LogP contribution < -0.4 is 10.2 Å². The number of esters is 1. The number of halogens is 2. The van der Waals surface area contributed by atoms with E-state index in [1.165, 1.54) is 12.1 Å². The molecule has 2 aromatic carbocycles. The van der Waals surface area contributed by atoms with E-state index >= 15 is 0 Å². The van der Waals surface area contributed by atoms with Crippen LogP contribution in [-0.2, 0) is 19.1 Å². The van der Waals surface area contributed by atoms with Gasteiger partial charge in [0.15, 0.2) is 6.61 Å². The number of nitrogens with zero attached hydrogens (tertiary/aromatic N) is 1. The molecule has 9 heteroatoms. The van der Waals surface area contributed by atoms with Crippen molar-refractivity contribution in [3.8, 4) is 0 Å². The molecule has 3 aliphatic rings. The van der Waals surface area contributed by atoms with Crippen LogP contribution in [0.5, 0.6) is 0 Å². The third-order valence-corrected chi connectivity index (χ3v) is 8.64. The highest BCUT2D eigenvalue weighted by molar-refractivity contribution is 6.32. The van der Waals surface area contributed by atoms with Gasteiger partial charge in [-0.3, -0.25) is 19.3 Å². The molecule has 7 nitrogen and oxygen atoms in total. The Morgan fingerprint density at radius 1 is 1.00 bits per heavy atom. The highest BCUT2D eigenvalue weighted by Gasteiger charge is 2.66. The SMILES string of the molecule is Cc1ccc(NC(=O)COC(=O)c2cccc(N3C(=O)[C@@H]4[C@H]5C[C@@H]([C@H](Cl)[C@@H]5Cl)[C@@H]4C3=O)c2)c(C)c1. The lowest BCUT2D eigenvalue weighted by molar-refractivity contribution is -0.123. The van der Waals surface area contributed by atoms with Crippen LogP contribution in [0.15, 0.2) is 42.5 Å². The fraction of sp³-hybridized carbons (Fsp3) is 0.385. The molecule has 0 radical (unpaired) electrons. The lowest BCUT2D eigenvalue weighted by Crippen LogP contribution is -2.37. The number of alkyl halides is 2. The summed E-state index contributed by atoms with van der Waals surface area (Å²) in [6, 6.07) is 11.7. The smallest absolute Gasteiger partial charge is 0.338 e. The number of rotatable bonds is 5. The van der Waals surface area contributed by atoms with Gasteiger partial charge in [-0.2, -0.15) is 0 Å². The Kier molecular flexibility index (Phi) is 6.09. The molecule has 3 fully saturated rings. The summed E-state index contributed by atoms with van der Waals surface area (Å²) >= 11 is 12.8. The van der Waals surface area contributed by atoms with Crippen molar-refractivity contribution < 1.29 is 23.9 Å². The van der Waals surface area contributed by atoms with Gasteiger partial charge in [-0.15, -0.1) is 23.2 Å². The number of amides is 3. The lowest BCUT2D eigenvalue weighted by Gasteiger charge is -2.28. The first-order valence-electron chi connectivity index (χ1n) is 11.5. The van der Waals surface area contributed by atoms with Gasteiger partial charge in [0.25, 0.3) is 5.91 Å². The number of benzene rings is 2. The van der Waals surface area contributed by atoms with Crippen LogP contribution in [0.3, 0.4) is 0 Å². The van der Waals surface area contributed by atoms with Crippen molar-refractivity contribution in [3.05, 3.63) is 59.2 Å². The van der Waals surface area contributed by atoms with Crippen molar-refractivity contribution >= 4 is 58.3 Å². The summed E-state index contributed by atoms with van der Waals surface area (Å²) in [5, 5.41) is 2.05. The molecule has 1 aliphatic heterocycles.